The maximum absolute atomic E-state index is 13.9. The van der Waals surface area contributed by atoms with Gasteiger partial charge < -0.3 is 24.5 Å². The monoisotopic (exact) mass is 536 g/mol. The Morgan fingerprint density at radius 1 is 1.18 bits per heavy atom. The SMILES string of the molecule is CO/N=C/c1cccc([C@]23CC[C@@H](N(CCCN4CCN(C)CC4)c4nc5cc(F)c(F)cc5[nH]4)CC2C3)c1. The van der Waals surface area contributed by atoms with E-state index in [-0.39, 0.29) is 5.41 Å². The van der Waals surface area contributed by atoms with E-state index in [0.717, 1.165) is 76.5 Å². The molecular formula is C30H38F2N6O. The average molecular weight is 537 g/mol. The number of fused-ring (bicyclic) bond motifs is 2. The van der Waals surface area contributed by atoms with Gasteiger partial charge in [-0.1, -0.05) is 23.4 Å². The summed E-state index contributed by atoms with van der Waals surface area (Å²) in [5.74, 6) is -0.368. The largest absolute Gasteiger partial charge is 0.399 e. The van der Waals surface area contributed by atoms with Crippen LogP contribution in [0, 0.1) is 17.6 Å². The highest BCUT2D eigenvalue weighted by Gasteiger charge is 2.58. The number of aromatic amines is 1. The third-order valence-electron chi connectivity index (χ3n) is 9.17. The number of imidazole rings is 1. The van der Waals surface area contributed by atoms with Crippen LogP contribution in [-0.4, -0.2) is 85.5 Å². The Balaban J connectivity index is 1.19. The Morgan fingerprint density at radius 2 is 2.00 bits per heavy atom. The first-order chi connectivity index (χ1) is 18.9. The maximum Gasteiger partial charge on any atom is 0.204 e. The molecule has 3 fully saturated rings. The Bertz CT molecular complexity index is 1300. The molecule has 9 heteroatoms. The summed E-state index contributed by atoms with van der Waals surface area (Å²) in [5.41, 5.74) is 3.70. The van der Waals surface area contributed by atoms with Gasteiger partial charge in [0.05, 0.1) is 17.2 Å². The fraction of sp³-hybridized carbons (Fsp3) is 0.533. The third kappa shape index (κ3) is 5.39. The summed E-state index contributed by atoms with van der Waals surface area (Å²) >= 11 is 0. The first-order valence-electron chi connectivity index (χ1n) is 14.1. The van der Waals surface area contributed by atoms with Gasteiger partial charge in [0.1, 0.15) is 7.11 Å². The average Bonchev–Trinajstić information content (AvgIpc) is 3.56. The number of anilines is 1. The van der Waals surface area contributed by atoms with Gasteiger partial charge in [-0.25, -0.2) is 13.8 Å². The van der Waals surface area contributed by atoms with Gasteiger partial charge >= 0.3 is 0 Å². The van der Waals surface area contributed by atoms with E-state index in [1.807, 2.05) is 0 Å². The van der Waals surface area contributed by atoms with Gasteiger partial charge in [0.2, 0.25) is 5.95 Å². The summed E-state index contributed by atoms with van der Waals surface area (Å²) in [7, 11) is 3.74. The minimum atomic E-state index is -0.861. The number of piperazine rings is 1. The van der Waals surface area contributed by atoms with Crippen LogP contribution < -0.4 is 4.90 Å². The van der Waals surface area contributed by atoms with Crippen molar-refractivity contribution < 1.29 is 13.6 Å². The van der Waals surface area contributed by atoms with E-state index >= 15 is 0 Å². The van der Waals surface area contributed by atoms with Crippen molar-refractivity contribution in [3.05, 3.63) is 59.2 Å². The zero-order chi connectivity index (χ0) is 27.0. The summed E-state index contributed by atoms with van der Waals surface area (Å²) < 4.78 is 27.9. The molecule has 3 atom stereocenters. The molecule has 208 valence electrons. The lowest BCUT2D eigenvalue weighted by Crippen LogP contribution is -2.46. The van der Waals surface area contributed by atoms with Crippen LogP contribution in [0.4, 0.5) is 14.7 Å². The van der Waals surface area contributed by atoms with E-state index in [1.165, 1.54) is 24.1 Å². The van der Waals surface area contributed by atoms with Gasteiger partial charge in [-0.05, 0) is 74.2 Å². The molecule has 0 amide bonds. The van der Waals surface area contributed by atoms with Crippen molar-refractivity contribution in [3.8, 4) is 0 Å². The maximum atomic E-state index is 13.9. The molecule has 1 aromatic heterocycles. The highest BCUT2D eigenvalue weighted by Crippen LogP contribution is 2.63. The molecule has 0 bridgehead atoms. The number of hydrogen-bond acceptors (Lipinski definition) is 6. The number of oxime groups is 1. The van der Waals surface area contributed by atoms with Crippen LogP contribution in [0.25, 0.3) is 11.0 Å². The molecular weight excluding hydrogens is 498 g/mol. The molecule has 2 saturated carbocycles. The zero-order valence-corrected chi connectivity index (χ0v) is 22.9. The number of nitrogens with one attached hydrogen (secondary N) is 1. The number of H-pyrrole nitrogens is 1. The Kier molecular flexibility index (Phi) is 7.29. The molecule has 3 aromatic rings. The van der Waals surface area contributed by atoms with E-state index in [4.69, 9.17) is 9.82 Å². The van der Waals surface area contributed by atoms with E-state index in [9.17, 15) is 8.78 Å². The van der Waals surface area contributed by atoms with Crippen LogP contribution in [0.3, 0.4) is 0 Å². The van der Waals surface area contributed by atoms with Gasteiger partial charge in [0.15, 0.2) is 11.6 Å². The van der Waals surface area contributed by atoms with Crippen molar-refractivity contribution >= 4 is 23.2 Å². The molecule has 1 aliphatic heterocycles. The van der Waals surface area contributed by atoms with Gasteiger partial charge in [-0.2, -0.15) is 0 Å². The molecule has 2 heterocycles. The number of aromatic nitrogens is 2. The molecule has 2 aliphatic carbocycles. The van der Waals surface area contributed by atoms with Crippen LogP contribution in [0.2, 0.25) is 0 Å². The molecule has 1 unspecified atom stereocenters. The molecule has 6 rings (SSSR count). The lowest BCUT2D eigenvalue weighted by Gasteiger charge is -2.38. The number of likely N-dealkylation sites (N-methyl/N-ethyl adjacent to an activating group) is 1. The summed E-state index contributed by atoms with van der Waals surface area (Å²) in [6, 6.07) is 11.4. The molecule has 0 spiro atoms. The lowest BCUT2D eigenvalue weighted by atomic mass is 9.80. The van der Waals surface area contributed by atoms with Crippen LogP contribution in [0.5, 0.6) is 0 Å². The second-order valence-corrected chi connectivity index (χ2v) is 11.6. The molecule has 7 nitrogen and oxygen atoms in total. The predicted octanol–water partition coefficient (Wildman–Crippen LogP) is 4.78. The number of rotatable bonds is 9. The number of nitrogens with zero attached hydrogens (tertiary/aromatic N) is 5. The number of halogens is 2. The summed E-state index contributed by atoms with van der Waals surface area (Å²) in [5, 5.41) is 3.93. The third-order valence-corrected chi connectivity index (χ3v) is 9.17. The van der Waals surface area contributed by atoms with Crippen LogP contribution >= 0.6 is 0 Å². The van der Waals surface area contributed by atoms with Crippen molar-refractivity contribution in [2.24, 2.45) is 11.1 Å². The highest BCUT2D eigenvalue weighted by atomic mass is 19.2. The first kappa shape index (κ1) is 26.2. The molecule has 1 saturated heterocycles. The van der Waals surface area contributed by atoms with E-state index < -0.39 is 11.6 Å². The quantitative estimate of drug-likeness (QED) is 0.315. The second kappa shape index (κ2) is 10.8. The van der Waals surface area contributed by atoms with Gasteiger partial charge in [0, 0.05) is 50.9 Å². The van der Waals surface area contributed by atoms with Crippen LogP contribution in [0.15, 0.2) is 41.6 Å². The molecule has 2 aromatic carbocycles. The minimum Gasteiger partial charge on any atom is -0.399 e. The molecule has 0 radical (unpaired) electrons. The van der Waals surface area contributed by atoms with Crippen molar-refractivity contribution in [1.82, 2.24) is 19.8 Å². The standard InChI is InChI=1S/C30H38F2N6O/c1-36-11-13-37(14-12-36)9-4-10-38(29-34-27-17-25(31)26(32)18-28(27)35-29)24-7-8-30(19-23(30)16-24)22-6-3-5-21(15-22)20-33-39-2/h3,5-6,15,17-18,20,23-24H,4,7-14,16,19H2,1-2H3,(H,34,35)/b33-20+/t23?,24-,30-/m1/s1. The van der Waals surface area contributed by atoms with Crippen LogP contribution in [-0.2, 0) is 10.3 Å². The predicted molar refractivity (Wildman–Crippen MR) is 150 cm³/mol. The molecule has 39 heavy (non-hydrogen) atoms. The smallest absolute Gasteiger partial charge is 0.204 e. The summed E-state index contributed by atoms with van der Waals surface area (Å²) in [6.45, 7) is 6.32. The summed E-state index contributed by atoms with van der Waals surface area (Å²) in [6.07, 6.45) is 7.24. The fourth-order valence-electron chi connectivity index (χ4n) is 6.81. The Morgan fingerprint density at radius 3 is 2.79 bits per heavy atom. The van der Waals surface area contributed by atoms with Crippen molar-refractivity contribution in [2.45, 2.75) is 43.6 Å². The second-order valence-electron chi connectivity index (χ2n) is 11.6. The van der Waals surface area contributed by atoms with Crippen molar-refractivity contribution in [3.63, 3.8) is 0 Å². The number of benzene rings is 2. The topological polar surface area (TPSA) is 60.0 Å². The molecule has 1 N–H and O–H groups in total. The fourth-order valence-corrected chi connectivity index (χ4v) is 6.81. The summed E-state index contributed by atoms with van der Waals surface area (Å²) in [4.78, 5) is 20.2. The minimum absolute atomic E-state index is 0.235. The van der Waals surface area contributed by atoms with Gasteiger partial charge in [0.25, 0.3) is 0 Å². The van der Waals surface area contributed by atoms with Crippen LogP contribution in [0.1, 0.15) is 43.2 Å². The van der Waals surface area contributed by atoms with Gasteiger partial charge in [-0.3, -0.25) is 0 Å². The number of hydrogen-bond donors (Lipinski definition) is 1. The van der Waals surface area contributed by atoms with E-state index in [0.29, 0.717) is 23.0 Å². The first-order valence-corrected chi connectivity index (χ1v) is 14.1. The Labute approximate surface area is 228 Å². The van der Waals surface area contributed by atoms with Gasteiger partial charge in [-0.15, -0.1) is 0 Å². The normalized spacial score (nSPS) is 25.7. The molecule has 3 aliphatic rings. The van der Waals surface area contributed by atoms with E-state index in [1.54, 1.807) is 13.3 Å². The van der Waals surface area contributed by atoms with E-state index in [2.05, 4.69) is 56.2 Å². The highest BCUT2D eigenvalue weighted by molar-refractivity contribution is 5.79. The zero-order valence-electron chi connectivity index (χ0n) is 22.9. The van der Waals surface area contributed by atoms with Crippen molar-refractivity contribution in [1.29, 1.82) is 0 Å². The Hall–Kier alpha value is -3.04. The lowest BCUT2D eigenvalue weighted by molar-refractivity contribution is 0.153. The van der Waals surface area contributed by atoms with Crippen molar-refractivity contribution in [2.75, 3.05) is 58.3 Å².